The van der Waals surface area contributed by atoms with E-state index in [2.05, 4.69) is 0 Å². The molecule has 0 fully saturated rings. The number of ether oxygens (including phenoxy) is 2. The minimum atomic E-state index is -1.13. The monoisotopic (exact) mass is 227 g/mol. The van der Waals surface area contributed by atoms with Crippen LogP contribution >= 0.6 is 0 Å². The number of aliphatic carboxylic acids is 1. The molecule has 1 aromatic carbocycles. The zero-order valence-corrected chi connectivity index (χ0v) is 8.27. The van der Waals surface area contributed by atoms with Gasteiger partial charge < -0.3 is 20.3 Å². The molecule has 0 spiro atoms. The van der Waals surface area contributed by atoms with Crippen LogP contribution in [0.2, 0.25) is 0 Å². The van der Waals surface area contributed by atoms with Crippen LogP contribution in [0.15, 0.2) is 12.1 Å². The van der Waals surface area contributed by atoms with E-state index in [-0.39, 0.29) is 24.7 Å². The van der Waals surface area contributed by atoms with Gasteiger partial charge in [0.2, 0.25) is 12.5 Å². The van der Waals surface area contributed by atoms with Crippen molar-refractivity contribution in [2.24, 2.45) is 5.73 Å². The number of carbonyl (C=O) groups is 1. The van der Waals surface area contributed by atoms with Gasteiger partial charge in [-0.3, -0.25) is 4.79 Å². The molecule has 1 unspecified atom stereocenters. The Morgan fingerprint density at radius 2 is 2.31 bits per heavy atom. The second-order valence-corrected chi connectivity index (χ2v) is 3.46. The molecule has 0 bridgehead atoms. The van der Waals surface area contributed by atoms with Gasteiger partial charge >= 0.3 is 5.97 Å². The van der Waals surface area contributed by atoms with Crippen LogP contribution < -0.4 is 15.2 Å². The zero-order valence-electron chi connectivity index (χ0n) is 8.27. The van der Waals surface area contributed by atoms with E-state index in [0.29, 0.717) is 5.56 Å². The van der Waals surface area contributed by atoms with Gasteiger partial charge in [-0.1, -0.05) is 0 Å². The number of benzene rings is 1. The predicted octanol–water partition coefficient (Wildman–Crippen LogP) is 0.509. The molecule has 86 valence electrons. The highest BCUT2D eigenvalue weighted by atomic mass is 19.1. The van der Waals surface area contributed by atoms with Gasteiger partial charge in [0.1, 0.15) is 6.04 Å². The minimum absolute atomic E-state index is 0.0271. The Labute approximate surface area is 90.6 Å². The van der Waals surface area contributed by atoms with E-state index in [1.165, 1.54) is 12.1 Å². The Bertz CT molecular complexity index is 435. The third-order valence-corrected chi connectivity index (χ3v) is 2.26. The van der Waals surface area contributed by atoms with Crippen molar-refractivity contribution in [2.75, 3.05) is 6.79 Å². The van der Waals surface area contributed by atoms with E-state index >= 15 is 0 Å². The molecule has 6 heteroatoms. The largest absolute Gasteiger partial charge is 0.480 e. The minimum Gasteiger partial charge on any atom is -0.480 e. The molecule has 0 saturated heterocycles. The molecule has 0 radical (unpaired) electrons. The lowest BCUT2D eigenvalue weighted by Crippen LogP contribution is -2.32. The van der Waals surface area contributed by atoms with Gasteiger partial charge in [-0.2, -0.15) is 0 Å². The molecule has 0 amide bonds. The maximum Gasteiger partial charge on any atom is 0.320 e. The van der Waals surface area contributed by atoms with Crippen LogP contribution in [0.4, 0.5) is 4.39 Å². The van der Waals surface area contributed by atoms with Crippen molar-refractivity contribution in [2.45, 2.75) is 12.5 Å². The lowest BCUT2D eigenvalue weighted by Gasteiger charge is -2.07. The highest BCUT2D eigenvalue weighted by Crippen LogP contribution is 2.35. The highest BCUT2D eigenvalue weighted by Gasteiger charge is 2.21. The quantitative estimate of drug-likeness (QED) is 0.786. The molecule has 1 aromatic rings. The summed E-state index contributed by atoms with van der Waals surface area (Å²) in [5.41, 5.74) is 5.82. The van der Waals surface area contributed by atoms with Crippen molar-refractivity contribution in [1.29, 1.82) is 0 Å². The van der Waals surface area contributed by atoms with Crippen molar-refractivity contribution >= 4 is 5.97 Å². The number of fused-ring (bicyclic) bond motifs is 1. The first-order valence-corrected chi connectivity index (χ1v) is 4.64. The molecule has 3 N–H and O–H groups in total. The topological polar surface area (TPSA) is 81.8 Å². The van der Waals surface area contributed by atoms with Gasteiger partial charge in [0.05, 0.1) is 0 Å². The van der Waals surface area contributed by atoms with Crippen LogP contribution in [0.5, 0.6) is 11.5 Å². The summed E-state index contributed by atoms with van der Waals surface area (Å²) in [5.74, 6) is -1.35. The maximum absolute atomic E-state index is 13.4. The average molecular weight is 227 g/mol. The van der Waals surface area contributed by atoms with Crippen molar-refractivity contribution in [1.82, 2.24) is 0 Å². The summed E-state index contributed by atoms with van der Waals surface area (Å²) < 4.78 is 23.3. The van der Waals surface area contributed by atoms with Crippen LogP contribution in [-0.2, 0) is 11.2 Å². The Morgan fingerprint density at radius 1 is 1.56 bits per heavy atom. The molecule has 0 aromatic heterocycles. The molecule has 16 heavy (non-hydrogen) atoms. The number of carboxylic acid groups (broad SMARTS) is 1. The summed E-state index contributed by atoms with van der Waals surface area (Å²) in [5, 5.41) is 8.63. The molecule has 1 atom stereocenters. The zero-order chi connectivity index (χ0) is 11.7. The normalized spacial score (nSPS) is 14.9. The van der Waals surface area contributed by atoms with Crippen LogP contribution in [0.1, 0.15) is 5.56 Å². The molecular weight excluding hydrogens is 217 g/mol. The SMILES string of the molecule is NC(Cc1cc(F)c2c(c1)OCO2)C(=O)O. The average Bonchev–Trinajstić information content (AvgIpc) is 2.65. The summed E-state index contributed by atoms with van der Waals surface area (Å²) >= 11 is 0. The highest BCUT2D eigenvalue weighted by molar-refractivity contribution is 5.73. The molecule has 5 nitrogen and oxygen atoms in total. The number of carboxylic acids is 1. The molecular formula is C10H10FNO4. The number of hydrogen-bond acceptors (Lipinski definition) is 4. The third-order valence-electron chi connectivity index (χ3n) is 2.26. The first kappa shape index (κ1) is 10.7. The molecule has 1 heterocycles. The van der Waals surface area contributed by atoms with Crippen molar-refractivity contribution in [3.63, 3.8) is 0 Å². The fourth-order valence-electron chi connectivity index (χ4n) is 1.48. The second kappa shape index (κ2) is 3.97. The van der Waals surface area contributed by atoms with Gasteiger partial charge in [0, 0.05) is 0 Å². The van der Waals surface area contributed by atoms with Gasteiger partial charge in [0.25, 0.3) is 0 Å². The Balaban J connectivity index is 2.23. The number of hydrogen-bond donors (Lipinski definition) is 2. The number of halogens is 1. The van der Waals surface area contributed by atoms with E-state index in [1.54, 1.807) is 0 Å². The Morgan fingerprint density at radius 3 is 3.00 bits per heavy atom. The van der Waals surface area contributed by atoms with Crippen molar-refractivity contribution < 1.29 is 23.8 Å². The lowest BCUT2D eigenvalue weighted by molar-refractivity contribution is -0.138. The fourth-order valence-corrected chi connectivity index (χ4v) is 1.48. The smallest absolute Gasteiger partial charge is 0.320 e. The lowest BCUT2D eigenvalue weighted by atomic mass is 10.1. The molecule has 0 aliphatic carbocycles. The fraction of sp³-hybridized carbons (Fsp3) is 0.300. The number of rotatable bonds is 3. The van der Waals surface area contributed by atoms with Crippen molar-refractivity contribution in [3.8, 4) is 11.5 Å². The molecule has 1 aliphatic heterocycles. The van der Waals surface area contributed by atoms with E-state index in [9.17, 15) is 9.18 Å². The maximum atomic E-state index is 13.4. The molecule has 0 saturated carbocycles. The predicted molar refractivity (Wildman–Crippen MR) is 51.8 cm³/mol. The first-order chi connectivity index (χ1) is 7.58. The van der Waals surface area contributed by atoms with E-state index < -0.39 is 17.8 Å². The summed E-state index contributed by atoms with van der Waals surface area (Å²) in [6.45, 7) is -0.0271. The van der Waals surface area contributed by atoms with Crippen LogP contribution in [0.25, 0.3) is 0 Å². The van der Waals surface area contributed by atoms with Gasteiger partial charge in [0.15, 0.2) is 11.6 Å². The molecule has 2 rings (SSSR count). The van der Waals surface area contributed by atoms with Crippen LogP contribution in [0.3, 0.4) is 0 Å². The number of nitrogens with two attached hydrogens (primary N) is 1. The Hall–Kier alpha value is -1.82. The summed E-state index contributed by atoms with van der Waals surface area (Å²) in [6.07, 6.45) is 0.0445. The first-order valence-electron chi connectivity index (χ1n) is 4.64. The van der Waals surface area contributed by atoms with E-state index in [0.717, 1.165) is 0 Å². The summed E-state index contributed by atoms with van der Waals surface area (Å²) in [7, 11) is 0. The second-order valence-electron chi connectivity index (χ2n) is 3.46. The summed E-state index contributed by atoms with van der Waals surface area (Å²) in [6, 6.07) is 1.68. The third kappa shape index (κ3) is 1.92. The standard InChI is InChI=1S/C10H10FNO4/c11-6-1-5(2-7(12)10(13)14)3-8-9(6)16-4-15-8/h1,3,7H,2,4,12H2,(H,13,14). The van der Waals surface area contributed by atoms with Gasteiger partial charge in [-0.25, -0.2) is 4.39 Å². The molecule has 1 aliphatic rings. The van der Waals surface area contributed by atoms with Crippen molar-refractivity contribution in [3.05, 3.63) is 23.5 Å². The van der Waals surface area contributed by atoms with Crippen LogP contribution in [0, 0.1) is 5.82 Å². The summed E-state index contributed by atoms with van der Waals surface area (Å²) in [4.78, 5) is 10.5. The van der Waals surface area contributed by atoms with E-state index in [4.69, 9.17) is 20.3 Å². The van der Waals surface area contributed by atoms with Gasteiger partial charge in [-0.05, 0) is 24.1 Å². The Kier molecular flexibility index (Phi) is 2.66. The van der Waals surface area contributed by atoms with Crippen LogP contribution in [-0.4, -0.2) is 23.9 Å². The van der Waals surface area contributed by atoms with E-state index in [1.807, 2.05) is 0 Å². The van der Waals surface area contributed by atoms with Gasteiger partial charge in [-0.15, -0.1) is 0 Å².